The Morgan fingerprint density at radius 3 is 2.45 bits per heavy atom. The van der Waals surface area contributed by atoms with E-state index in [4.69, 9.17) is 9.84 Å². The SMILES string of the molecule is CCCCOC(=O)c1ccc(N(CC(=O)O)N=O)cc1. The highest BCUT2D eigenvalue weighted by molar-refractivity contribution is 5.89. The van der Waals surface area contributed by atoms with Crippen LogP contribution in [-0.4, -0.2) is 30.2 Å². The number of benzene rings is 1. The van der Waals surface area contributed by atoms with E-state index in [1.54, 1.807) is 0 Å². The van der Waals surface area contributed by atoms with Crippen LogP contribution in [0.4, 0.5) is 5.69 Å². The van der Waals surface area contributed by atoms with Crippen LogP contribution < -0.4 is 5.01 Å². The number of carboxylic acid groups (broad SMARTS) is 1. The van der Waals surface area contributed by atoms with Gasteiger partial charge in [0.25, 0.3) is 0 Å². The third-order valence-corrected chi connectivity index (χ3v) is 2.52. The summed E-state index contributed by atoms with van der Waals surface area (Å²) in [5.41, 5.74) is 0.638. The van der Waals surface area contributed by atoms with E-state index < -0.39 is 18.5 Å². The van der Waals surface area contributed by atoms with E-state index in [0.29, 0.717) is 17.9 Å². The molecule has 0 aliphatic heterocycles. The van der Waals surface area contributed by atoms with Gasteiger partial charge in [-0.2, -0.15) is 0 Å². The number of unbranched alkanes of at least 4 members (excludes halogenated alkanes) is 1. The Morgan fingerprint density at radius 2 is 1.95 bits per heavy atom. The van der Waals surface area contributed by atoms with Gasteiger partial charge in [0.05, 0.1) is 23.1 Å². The molecular formula is C13H16N2O5. The molecule has 0 amide bonds. The fourth-order valence-corrected chi connectivity index (χ4v) is 1.46. The summed E-state index contributed by atoms with van der Waals surface area (Å²) in [7, 11) is 0. The van der Waals surface area contributed by atoms with Crippen molar-refractivity contribution >= 4 is 17.6 Å². The molecule has 0 aromatic heterocycles. The number of carbonyl (C=O) groups is 2. The smallest absolute Gasteiger partial charge is 0.338 e. The molecule has 1 aromatic rings. The second-order valence-corrected chi connectivity index (χ2v) is 4.07. The molecule has 0 radical (unpaired) electrons. The van der Waals surface area contributed by atoms with Crippen molar-refractivity contribution in [1.29, 1.82) is 0 Å². The summed E-state index contributed by atoms with van der Waals surface area (Å²) in [6.07, 6.45) is 1.73. The molecule has 0 saturated carbocycles. The number of ether oxygens (including phenoxy) is 1. The van der Waals surface area contributed by atoms with Gasteiger partial charge in [-0.3, -0.25) is 4.79 Å². The normalized spacial score (nSPS) is 9.85. The predicted octanol–water partition coefficient (Wildman–Crippen LogP) is 2.22. The minimum atomic E-state index is -1.17. The number of esters is 1. The van der Waals surface area contributed by atoms with Gasteiger partial charge in [0.15, 0.2) is 0 Å². The topological polar surface area (TPSA) is 96.3 Å². The number of hydrogen-bond acceptors (Lipinski definition) is 5. The molecule has 0 aliphatic rings. The molecule has 1 rings (SSSR count). The van der Waals surface area contributed by atoms with E-state index in [1.807, 2.05) is 6.92 Å². The number of nitrogens with zero attached hydrogens (tertiary/aromatic N) is 2. The quantitative estimate of drug-likeness (QED) is 0.339. The van der Waals surface area contributed by atoms with Crippen LogP contribution in [0.1, 0.15) is 30.1 Å². The van der Waals surface area contributed by atoms with Crippen molar-refractivity contribution in [3.8, 4) is 0 Å². The molecule has 0 saturated heterocycles. The fraction of sp³-hybridized carbons (Fsp3) is 0.385. The van der Waals surface area contributed by atoms with E-state index in [2.05, 4.69) is 5.29 Å². The standard InChI is InChI=1S/C13H16N2O5/c1-2-3-8-20-13(18)10-4-6-11(7-5-10)15(14-19)9-12(16)17/h4-7H,2-3,8-9H2,1H3,(H,16,17). The van der Waals surface area contributed by atoms with Crippen LogP contribution in [0.25, 0.3) is 0 Å². The highest BCUT2D eigenvalue weighted by Crippen LogP contribution is 2.16. The Balaban J connectivity index is 2.69. The zero-order chi connectivity index (χ0) is 15.0. The average Bonchev–Trinajstić information content (AvgIpc) is 2.45. The third-order valence-electron chi connectivity index (χ3n) is 2.52. The first kappa shape index (κ1) is 15.6. The van der Waals surface area contributed by atoms with Crippen molar-refractivity contribution < 1.29 is 19.4 Å². The van der Waals surface area contributed by atoms with Crippen molar-refractivity contribution in [3.05, 3.63) is 34.7 Å². The molecule has 0 bridgehead atoms. The molecule has 7 nitrogen and oxygen atoms in total. The maximum atomic E-state index is 11.6. The lowest BCUT2D eigenvalue weighted by Crippen LogP contribution is -2.23. The van der Waals surface area contributed by atoms with Gasteiger partial charge in [-0.15, -0.1) is 4.91 Å². The van der Waals surface area contributed by atoms with Gasteiger partial charge >= 0.3 is 11.9 Å². The Bertz CT molecular complexity index is 472. The number of rotatable bonds is 8. The van der Waals surface area contributed by atoms with E-state index in [9.17, 15) is 14.5 Å². The second-order valence-electron chi connectivity index (χ2n) is 4.07. The highest BCUT2D eigenvalue weighted by Gasteiger charge is 2.12. The molecule has 0 fully saturated rings. The first-order valence-electron chi connectivity index (χ1n) is 6.18. The maximum absolute atomic E-state index is 11.6. The van der Waals surface area contributed by atoms with Crippen LogP contribution in [0.2, 0.25) is 0 Å². The molecule has 0 unspecified atom stereocenters. The van der Waals surface area contributed by atoms with Crippen LogP contribution in [0.15, 0.2) is 29.6 Å². The van der Waals surface area contributed by atoms with Crippen molar-refractivity contribution in [2.24, 2.45) is 5.29 Å². The predicted molar refractivity (Wildman–Crippen MR) is 72.4 cm³/mol. The lowest BCUT2D eigenvalue weighted by atomic mass is 10.2. The van der Waals surface area contributed by atoms with Crippen LogP contribution in [0, 0.1) is 4.91 Å². The summed E-state index contributed by atoms with van der Waals surface area (Å²) < 4.78 is 5.03. The largest absolute Gasteiger partial charge is 0.480 e. The van der Waals surface area contributed by atoms with Gasteiger partial charge in [0.1, 0.15) is 6.54 Å². The minimum Gasteiger partial charge on any atom is -0.480 e. The summed E-state index contributed by atoms with van der Waals surface area (Å²) in [5, 5.41) is 12.0. The van der Waals surface area contributed by atoms with Gasteiger partial charge in [0, 0.05) is 0 Å². The molecule has 0 spiro atoms. The molecule has 1 aromatic carbocycles. The molecule has 0 atom stereocenters. The molecular weight excluding hydrogens is 264 g/mol. The van der Waals surface area contributed by atoms with Crippen molar-refractivity contribution in [2.75, 3.05) is 18.2 Å². The number of hydrogen-bond donors (Lipinski definition) is 1. The summed E-state index contributed by atoms with van der Waals surface area (Å²) in [4.78, 5) is 32.7. The van der Waals surface area contributed by atoms with Gasteiger partial charge in [-0.25, -0.2) is 9.80 Å². The van der Waals surface area contributed by atoms with Crippen molar-refractivity contribution in [1.82, 2.24) is 0 Å². The second kappa shape index (κ2) is 7.88. The molecule has 7 heteroatoms. The number of nitroso groups, excluding NO2 is 1. The van der Waals surface area contributed by atoms with E-state index in [-0.39, 0.29) is 0 Å². The van der Waals surface area contributed by atoms with Crippen molar-refractivity contribution in [2.45, 2.75) is 19.8 Å². The lowest BCUT2D eigenvalue weighted by Gasteiger charge is -2.12. The molecule has 1 N–H and O–H groups in total. The Hall–Kier alpha value is -2.44. The Morgan fingerprint density at radius 1 is 1.30 bits per heavy atom. The summed E-state index contributed by atoms with van der Waals surface area (Å²) in [6, 6.07) is 5.81. The third kappa shape index (κ3) is 4.68. The first-order valence-corrected chi connectivity index (χ1v) is 6.18. The van der Waals surface area contributed by atoms with Crippen molar-refractivity contribution in [3.63, 3.8) is 0 Å². The molecule has 0 heterocycles. The molecule has 20 heavy (non-hydrogen) atoms. The number of carbonyl (C=O) groups excluding carboxylic acids is 1. The number of carboxylic acids is 1. The fourth-order valence-electron chi connectivity index (χ4n) is 1.46. The highest BCUT2D eigenvalue weighted by atomic mass is 16.5. The minimum absolute atomic E-state index is 0.299. The first-order chi connectivity index (χ1) is 9.58. The van der Waals surface area contributed by atoms with Crippen LogP contribution in [0.5, 0.6) is 0 Å². The number of aliphatic carboxylic acids is 1. The molecule has 0 aliphatic carbocycles. The van der Waals surface area contributed by atoms with E-state index in [0.717, 1.165) is 17.9 Å². The summed E-state index contributed by atoms with van der Waals surface area (Å²) >= 11 is 0. The van der Waals surface area contributed by atoms with E-state index >= 15 is 0 Å². The van der Waals surface area contributed by atoms with E-state index in [1.165, 1.54) is 24.3 Å². The molecule has 108 valence electrons. The van der Waals surface area contributed by atoms with Gasteiger partial charge in [0.2, 0.25) is 0 Å². The monoisotopic (exact) mass is 280 g/mol. The summed E-state index contributed by atoms with van der Waals surface area (Å²) in [5.74, 6) is -1.62. The summed E-state index contributed by atoms with van der Waals surface area (Å²) in [6.45, 7) is 1.81. The van der Waals surface area contributed by atoms with Crippen LogP contribution in [0.3, 0.4) is 0 Å². The van der Waals surface area contributed by atoms with Crippen LogP contribution in [-0.2, 0) is 9.53 Å². The van der Waals surface area contributed by atoms with Gasteiger partial charge in [-0.1, -0.05) is 13.3 Å². The van der Waals surface area contributed by atoms with Gasteiger partial charge < -0.3 is 9.84 Å². The van der Waals surface area contributed by atoms with Crippen LogP contribution >= 0.6 is 0 Å². The lowest BCUT2D eigenvalue weighted by molar-refractivity contribution is -0.135. The zero-order valence-electron chi connectivity index (χ0n) is 11.1. The zero-order valence-corrected chi connectivity index (χ0v) is 11.1. The maximum Gasteiger partial charge on any atom is 0.338 e. The number of anilines is 1. The Labute approximate surface area is 116 Å². The average molecular weight is 280 g/mol. The van der Waals surface area contributed by atoms with Gasteiger partial charge in [-0.05, 0) is 30.7 Å². The Kier molecular flexibility index (Phi) is 6.15.